The van der Waals surface area contributed by atoms with Gasteiger partial charge in [-0.05, 0) is 59.2 Å². The molecule has 0 radical (unpaired) electrons. The van der Waals surface area contributed by atoms with Gasteiger partial charge in [-0.2, -0.15) is 0 Å². The number of rotatable bonds is 5. The van der Waals surface area contributed by atoms with E-state index in [9.17, 15) is 4.79 Å². The zero-order valence-electron chi connectivity index (χ0n) is 14.8. The molecule has 2 heterocycles. The van der Waals surface area contributed by atoms with E-state index in [1.165, 1.54) is 10.4 Å². The Morgan fingerprint density at radius 3 is 2.69 bits per heavy atom. The molecule has 1 atom stereocenters. The van der Waals surface area contributed by atoms with Gasteiger partial charge in [-0.25, -0.2) is 0 Å². The van der Waals surface area contributed by atoms with Crippen molar-refractivity contribution in [3.63, 3.8) is 0 Å². The average Bonchev–Trinajstić information content (AvgIpc) is 3.27. The van der Waals surface area contributed by atoms with Gasteiger partial charge in [-0.1, -0.05) is 37.3 Å². The maximum Gasteiger partial charge on any atom is 0.234 e. The number of anilines is 2. The molecule has 1 aromatic heterocycles. The zero-order valence-corrected chi connectivity index (χ0v) is 15.6. The number of thiophene rings is 1. The molecule has 1 aliphatic heterocycles. The second-order valence-electron chi connectivity index (χ2n) is 6.70. The minimum Gasteiger partial charge on any atom is -0.399 e. The van der Waals surface area contributed by atoms with Crippen molar-refractivity contribution in [3.8, 4) is 10.4 Å². The topological polar surface area (TPSA) is 46.3 Å². The number of para-hydroxylation sites is 1. The lowest BCUT2D eigenvalue weighted by molar-refractivity contribution is -0.119. The number of nitrogens with zero attached hydrogens (tertiary/aromatic N) is 1. The Morgan fingerprint density at radius 2 is 1.96 bits per heavy atom. The third kappa shape index (κ3) is 2.90. The molecule has 3 aromatic rings. The van der Waals surface area contributed by atoms with Crippen LogP contribution in [0, 0.1) is 0 Å². The fourth-order valence-electron chi connectivity index (χ4n) is 3.71. The standard InChI is InChI=1S/C22H22N2OS/c1-2-11-24-20-10-9-16(21-8-5-12-26-21)14-17(20)18(22(24)25)13-15-6-3-4-7-19(15)23/h3-10,12,14,18H,2,11,13,23H2,1H3. The molecule has 132 valence electrons. The first-order valence-corrected chi connectivity index (χ1v) is 9.89. The Morgan fingerprint density at radius 1 is 1.12 bits per heavy atom. The van der Waals surface area contributed by atoms with Crippen LogP contribution < -0.4 is 10.6 Å². The van der Waals surface area contributed by atoms with Gasteiger partial charge in [0.2, 0.25) is 5.91 Å². The third-order valence-corrected chi connectivity index (χ3v) is 5.91. The maximum absolute atomic E-state index is 13.2. The summed E-state index contributed by atoms with van der Waals surface area (Å²) in [5.74, 6) is 0.0228. The van der Waals surface area contributed by atoms with Gasteiger partial charge >= 0.3 is 0 Å². The molecule has 0 bridgehead atoms. The van der Waals surface area contributed by atoms with Gasteiger partial charge in [-0.3, -0.25) is 4.79 Å². The van der Waals surface area contributed by atoms with Gasteiger partial charge < -0.3 is 10.6 Å². The number of nitrogen functional groups attached to an aromatic ring is 1. The highest BCUT2D eigenvalue weighted by molar-refractivity contribution is 7.13. The molecule has 0 aliphatic carbocycles. The zero-order chi connectivity index (χ0) is 18.1. The minimum atomic E-state index is -0.166. The van der Waals surface area contributed by atoms with Crippen LogP contribution >= 0.6 is 11.3 Å². The fraction of sp³-hybridized carbons (Fsp3) is 0.227. The van der Waals surface area contributed by atoms with Crippen molar-refractivity contribution in [1.82, 2.24) is 0 Å². The number of carbonyl (C=O) groups excluding carboxylic acids is 1. The van der Waals surface area contributed by atoms with Crippen LogP contribution in [0.4, 0.5) is 11.4 Å². The quantitative estimate of drug-likeness (QED) is 0.643. The van der Waals surface area contributed by atoms with E-state index in [0.717, 1.165) is 35.5 Å². The summed E-state index contributed by atoms with van der Waals surface area (Å²) >= 11 is 1.72. The van der Waals surface area contributed by atoms with E-state index >= 15 is 0 Å². The number of hydrogen-bond acceptors (Lipinski definition) is 3. The Hall–Kier alpha value is -2.59. The lowest BCUT2D eigenvalue weighted by Gasteiger charge is -2.17. The van der Waals surface area contributed by atoms with E-state index in [1.54, 1.807) is 11.3 Å². The second kappa shape index (κ2) is 6.96. The van der Waals surface area contributed by atoms with E-state index in [1.807, 2.05) is 29.2 Å². The van der Waals surface area contributed by atoms with Crippen LogP contribution in [-0.4, -0.2) is 12.5 Å². The van der Waals surface area contributed by atoms with E-state index in [0.29, 0.717) is 6.42 Å². The summed E-state index contributed by atoms with van der Waals surface area (Å²) in [7, 11) is 0. The number of nitrogens with two attached hydrogens (primary N) is 1. The van der Waals surface area contributed by atoms with Crippen molar-refractivity contribution in [1.29, 1.82) is 0 Å². The van der Waals surface area contributed by atoms with Crippen LogP contribution in [0.25, 0.3) is 10.4 Å². The van der Waals surface area contributed by atoms with Crippen LogP contribution in [0.3, 0.4) is 0 Å². The van der Waals surface area contributed by atoms with Gasteiger partial charge in [0.1, 0.15) is 0 Å². The summed E-state index contributed by atoms with van der Waals surface area (Å²) in [5, 5.41) is 2.08. The fourth-order valence-corrected chi connectivity index (χ4v) is 4.43. The molecule has 4 heteroatoms. The number of fused-ring (bicyclic) bond motifs is 1. The first-order chi connectivity index (χ1) is 12.7. The second-order valence-corrected chi connectivity index (χ2v) is 7.64. The van der Waals surface area contributed by atoms with Crippen molar-refractivity contribution in [2.75, 3.05) is 17.2 Å². The van der Waals surface area contributed by atoms with Crippen molar-refractivity contribution < 1.29 is 4.79 Å². The predicted molar refractivity (Wildman–Crippen MR) is 110 cm³/mol. The lowest BCUT2D eigenvalue weighted by atomic mass is 9.91. The number of hydrogen-bond donors (Lipinski definition) is 1. The molecule has 1 amide bonds. The molecule has 1 unspecified atom stereocenters. The molecule has 4 rings (SSSR count). The van der Waals surface area contributed by atoms with E-state index in [-0.39, 0.29) is 11.8 Å². The number of amides is 1. The van der Waals surface area contributed by atoms with Gasteiger partial charge in [0.05, 0.1) is 5.92 Å². The summed E-state index contributed by atoms with van der Waals surface area (Å²) in [6.07, 6.45) is 1.59. The molecule has 1 aliphatic rings. The molecular formula is C22H22N2OS. The summed E-state index contributed by atoms with van der Waals surface area (Å²) in [4.78, 5) is 16.3. The van der Waals surface area contributed by atoms with Crippen molar-refractivity contribution in [3.05, 3.63) is 71.1 Å². The van der Waals surface area contributed by atoms with Crippen molar-refractivity contribution >= 4 is 28.6 Å². The van der Waals surface area contributed by atoms with Gasteiger partial charge in [0.15, 0.2) is 0 Å². The molecule has 0 saturated heterocycles. The maximum atomic E-state index is 13.2. The molecule has 3 nitrogen and oxygen atoms in total. The first-order valence-electron chi connectivity index (χ1n) is 9.01. The summed E-state index contributed by atoms with van der Waals surface area (Å²) in [6.45, 7) is 2.86. The monoisotopic (exact) mass is 362 g/mol. The predicted octanol–water partition coefficient (Wildman–Crippen LogP) is 5.08. The molecule has 2 aromatic carbocycles. The average molecular weight is 362 g/mol. The largest absolute Gasteiger partial charge is 0.399 e. The number of carbonyl (C=O) groups is 1. The third-order valence-electron chi connectivity index (χ3n) is 4.99. The molecular weight excluding hydrogens is 340 g/mol. The summed E-state index contributed by atoms with van der Waals surface area (Å²) < 4.78 is 0. The van der Waals surface area contributed by atoms with Gasteiger partial charge in [0.25, 0.3) is 0 Å². The molecule has 26 heavy (non-hydrogen) atoms. The number of benzene rings is 2. The van der Waals surface area contributed by atoms with Crippen LogP contribution in [0.15, 0.2) is 60.0 Å². The molecule has 0 spiro atoms. The highest BCUT2D eigenvalue weighted by Gasteiger charge is 2.37. The normalized spacial score (nSPS) is 16.1. The molecule has 0 saturated carbocycles. The summed E-state index contributed by atoms with van der Waals surface area (Å²) in [6, 6.07) is 18.4. The van der Waals surface area contributed by atoms with Crippen LogP contribution in [-0.2, 0) is 11.2 Å². The van der Waals surface area contributed by atoms with Gasteiger partial charge in [-0.15, -0.1) is 11.3 Å². The highest BCUT2D eigenvalue weighted by atomic mass is 32.1. The summed E-state index contributed by atoms with van der Waals surface area (Å²) in [5.41, 5.74) is 11.3. The smallest absolute Gasteiger partial charge is 0.234 e. The van der Waals surface area contributed by atoms with Gasteiger partial charge in [0, 0.05) is 22.8 Å². The van der Waals surface area contributed by atoms with Crippen LogP contribution in [0.1, 0.15) is 30.4 Å². The van der Waals surface area contributed by atoms with Crippen LogP contribution in [0.2, 0.25) is 0 Å². The minimum absolute atomic E-state index is 0.166. The Balaban J connectivity index is 1.76. The Bertz CT molecular complexity index is 933. The molecule has 0 fully saturated rings. The molecule has 2 N–H and O–H groups in total. The lowest BCUT2D eigenvalue weighted by Crippen LogP contribution is -2.30. The first kappa shape index (κ1) is 16.9. The Labute approximate surface area is 158 Å². The Kier molecular flexibility index (Phi) is 4.51. The van der Waals surface area contributed by atoms with E-state index < -0.39 is 0 Å². The van der Waals surface area contributed by atoms with Crippen LogP contribution in [0.5, 0.6) is 0 Å². The highest BCUT2D eigenvalue weighted by Crippen LogP contribution is 2.42. The van der Waals surface area contributed by atoms with Crippen molar-refractivity contribution in [2.24, 2.45) is 0 Å². The van der Waals surface area contributed by atoms with E-state index in [2.05, 4.69) is 42.6 Å². The SMILES string of the molecule is CCCN1C(=O)C(Cc2ccccc2N)c2cc(-c3cccs3)ccc21. The van der Waals surface area contributed by atoms with E-state index in [4.69, 9.17) is 5.73 Å². The van der Waals surface area contributed by atoms with Crippen molar-refractivity contribution in [2.45, 2.75) is 25.7 Å².